The summed E-state index contributed by atoms with van der Waals surface area (Å²) in [6.45, 7) is 3.15. The molecule has 0 bridgehead atoms. The lowest BCUT2D eigenvalue weighted by atomic mass is 9.88. The molecule has 2 atom stereocenters. The van der Waals surface area contributed by atoms with Gasteiger partial charge < -0.3 is 10.6 Å². The third-order valence-electron chi connectivity index (χ3n) is 4.24. The third kappa shape index (κ3) is 2.46. The molecular formula is C15H19N3OS. The molecule has 0 aromatic carbocycles. The normalized spacial score (nSPS) is 25.0. The lowest BCUT2D eigenvalue weighted by molar-refractivity contribution is -0.117. The summed E-state index contributed by atoms with van der Waals surface area (Å²) in [6, 6.07) is 2.19. The van der Waals surface area contributed by atoms with Crippen LogP contribution < -0.4 is 10.6 Å². The molecule has 3 rings (SSSR count). The van der Waals surface area contributed by atoms with Gasteiger partial charge in [-0.05, 0) is 50.1 Å². The molecule has 1 aliphatic carbocycles. The first-order valence-electron chi connectivity index (χ1n) is 7.28. The number of nitrogens with zero attached hydrogens (tertiary/aromatic N) is 1. The first-order chi connectivity index (χ1) is 9.69. The van der Waals surface area contributed by atoms with E-state index in [0.29, 0.717) is 11.5 Å². The predicted octanol–water partition coefficient (Wildman–Crippen LogP) is 2.44. The van der Waals surface area contributed by atoms with Crippen LogP contribution in [0.2, 0.25) is 0 Å². The van der Waals surface area contributed by atoms with E-state index in [1.54, 1.807) is 11.3 Å². The van der Waals surface area contributed by atoms with E-state index < -0.39 is 0 Å². The second kappa shape index (κ2) is 5.55. The molecule has 2 N–H and O–H groups in total. The monoisotopic (exact) mass is 289 g/mol. The van der Waals surface area contributed by atoms with Crippen LogP contribution in [0.4, 0.5) is 5.00 Å². The molecule has 1 amide bonds. The Morgan fingerprint density at radius 2 is 2.35 bits per heavy atom. The fourth-order valence-electron chi connectivity index (χ4n) is 3.06. The van der Waals surface area contributed by atoms with E-state index in [4.69, 9.17) is 0 Å². The van der Waals surface area contributed by atoms with Gasteiger partial charge >= 0.3 is 0 Å². The van der Waals surface area contributed by atoms with E-state index in [1.165, 1.54) is 10.4 Å². The fourth-order valence-corrected chi connectivity index (χ4v) is 4.43. The van der Waals surface area contributed by atoms with E-state index in [9.17, 15) is 10.1 Å². The van der Waals surface area contributed by atoms with Crippen molar-refractivity contribution in [2.45, 2.75) is 45.1 Å². The summed E-state index contributed by atoms with van der Waals surface area (Å²) in [7, 11) is 0. The number of fused-ring (bicyclic) bond motifs is 1. The maximum atomic E-state index is 12.2. The average Bonchev–Trinajstić information content (AvgIpc) is 3.04. The molecule has 20 heavy (non-hydrogen) atoms. The fraction of sp³-hybridized carbons (Fsp3) is 0.600. The van der Waals surface area contributed by atoms with Gasteiger partial charge in [0.05, 0.1) is 11.6 Å². The Bertz CT molecular complexity index is 566. The van der Waals surface area contributed by atoms with Crippen LogP contribution in [0.5, 0.6) is 0 Å². The summed E-state index contributed by atoms with van der Waals surface area (Å²) in [5, 5.41) is 16.3. The van der Waals surface area contributed by atoms with E-state index >= 15 is 0 Å². The van der Waals surface area contributed by atoms with Crippen molar-refractivity contribution in [3.05, 3.63) is 16.0 Å². The standard InChI is InChI=1S/C15H19N3OS/c1-9-4-5-10-11(8-16)15(20-13(10)7-9)18-14(19)12-3-2-6-17-12/h9,12,17H,2-7H2,1H3,(H,18,19)/t9?,12-/m0/s1. The zero-order valence-electron chi connectivity index (χ0n) is 11.7. The number of nitrogens with one attached hydrogen (secondary N) is 2. The highest BCUT2D eigenvalue weighted by Crippen LogP contribution is 2.39. The van der Waals surface area contributed by atoms with Crippen molar-refractivity contribution >= 4 is 22.2 Å². The summed E-state index contributed by atoms with van der Waals surface area (Å²) < 4.78 is 0. The van der Waals surface area contributed by atoms with Crippen LogP contribution in [-0.4, -0.2) is 18.5 Å². The molecule has 4 nitrogen and oxygen atoms in total. The Morgan fingerprint density at radius 3 is 3.05 bits per heavy atom. The van der Waals surface area contributed by atoms with Crippen molar-refractivity contribution < 1.29 is 4.79 Å². The Hall–Kier alpha value is -1.38. The summed E-state index contributed by atoms with van der Waals surface area (Å²) in [6.07, 6.45) is 5.06. The van der Waals surface area contributed by atoms with Crippen molar-refractivity contribution in [3.63, 3.8) is 0 Å². The molecule has 1 unspecified atom stereocenters. The van der Waals surface area contributed by atoms with Crippen LogP contribution in [0.15, 0.2) is 0 Å². The van der Waals surface area contributed by atoms with Crippen LogP contribution >= 0.6 is 11.3 Å². The minimum atomic E-state index is -0.0976. The highest BCUT2D eigenvalue weighted by atomic mass is 32.1. The molecule has 1 aromatic heterocycles. The minimum absolute atomic E-state index is 0.00523. The molecule has 5 heteroatoms. The molecule has 1 fully saturated rings. The zero-order chi connectivity index (χ0) is 14.1. The molecule has 2 aliphatic rings. The predicted molar refractivity (Wildman–Crippen MR) is 79.9 cm³/mol. The summed E-state index contributed by atoms with van der Waals surface area (Å²) in [4.78, 5) is 13.5. The third-order valence-corrected chi connectivity index (χ3v) is 5.41. The van der Waals surface area contributed by atoms with Crippen molar-refractivity contribution in [2.24, 2.45) is 5.92 Å². The summed E-state index contributed by atoms with van der Waals surface area (Å²) in [5.41, 5.74) is 1.87. The highest BCUT2D eigenvalue weighted by Gasteiger charge is 2.27. The number of rotatable bonds is 2. The number of amides is 1. The number of hydrogen-bond donors (Lipinski definition) is 2. The van der Waals surface area contributed by atoms with E-state index in [2.05, 4.69) is 23.6 Å². The zero-order valence-corrected chi connectivity index (χ0v) is 12.5. The number of nitriles is 1. The van der Waals surface area contributed by atoms with E-state index in [-0.39, 0.29) is 11.9 Å². The first-order valence-corrected chi connectivity index (χ1v) is 8.09. The number of carbonyl (C=O) groups is 1. The van der Waals surface area contributed by atoms with Crippen molar-refractivity contribution in [3.8, 4) is 6.07 Å². The van der Waals surface area contributed by atoms with E-state index in [0.717, 1.165) is 43.6 Å². The van der Waals surface area contributed by atoms with Gasteiger partial charge in [-0.1, -0.05) is 6.92 Å². The Kier molecular flexibility index (Phi) is 3.77. The lowest BCUT2D eigenvalue weighted by Gasteiger charge is -2.17. The number of hydrogen-bond acceptors (Lipinski definition) is 4. The van der Waals surface area contributed by atoms with Crippen molar-refractivity contribution in [2.75, 3.05) is 11.9 Å². The van der Waals surface area contributed by atoms with Crippen LogP contribution in [0.1, 0.15) is 42.2 Å². The Morgan fingerprint density at radius 1 is 1.50 bits per heavy atom. The lowest BCUT2D eigenvalue weighted by Crippen LogP contribution is -2.35. The maximum absolute atomic E-state index is 12.2. The number of anilines is 1. The molecular weight excluding hydrogens is 270 g/mol. The molecule has 0 radical (unpaired) electrons. The van der Waals surface area contributed by atoms with Gasteiger partial charge in [0, 0.05) is 4.88 Å². The van der Waals surface area contributed by atoms with Gasteiger partial charge in [0.1, 0.15) is 11.1 Å². The Balaban J connectivity index is 1.83. The summed E-state index contributed by atoms with van der Waals surface area (Å²) >= 11 is 1.60. The summed E-state index contributed by atoms with van der Waals surface area (Å²) in [5.74, 6) is 0.679. The Labute approximate surface area is 123 Å². The van der Waals surface area contributed by atoms with Crippen molar-refractivity contribution in [1.29, 1.82) is 5.26 Å². The highest BCUT2D eigenvalue weighted by molar-refractivity contribution is 7.16. The van der Waals surface area contributed by atoms with Gasteiger partial charge in [-0.3, -0.25) is 4.79 Å². The second-order valence-electron chi connectivity index (χ2n) is 5.81. The van der Waals surface area contributed by atoms with Crippen molar-refractivity contribution in [1.82, 2.24) is 5.32 Å². The average molecular weight is 289 g/mol. The van der Waals surface area contributed by atoms with Crippen LogP contribution in [0.25, 0.3) is 0 Å². The molecule has 106 valence electrons. The smallest absolute Gasteiger partial charge is 0.242 e. The van der Waals surface area contributed by atoms with Crippen LogP contribution in [0, 0.1) is 17.2 Å². The molecule has 0 saturated carbocycles. The molecule has 2 heterocycles. The molecule has 1 aliphatic heterocycles. The number of carbonyl (C=O) groups excluding carboxylic acids is 1. The SMILES string of the molecule is CC1CCc2c(sc(NC(=O)[C@@H]3CCCN3)c2C#N)C1. The van der Waals surface area contributed by atoms with Crippen LogP contribution in [0.3, 0.4) is 0 Å². The van der Waals surface area contributed by atoms with E-state index in [1.807, 2.05) is 0 Å². The maximum Gasteiger partial charge on any atom is 0.242 e. The van der Waals surface area contributed by atoms with Gasteiger partial charge in [0.25, 0.3) is 0 Å². The molecule has 0 spiro atoms. The quantitative estimate of drug-likeness (QED) is 0.879. The molecule has 1 aromatic rings. The second-order valence-corrected chi connectivity index (χ2v) is 6.91. The van der Waals surface area contributed by atoms with Gasteiger partial charge in [0.15, 0.2) is 0 Å². The van der Waals surface area contributed by atoms with Gasteiger partial charge in [-0.25, -0.2) is 0 Å². The number of thiophene rings is 1. The topological polar surface area (TPSA) is 64.9 Å². The molecule has 1 saturated heterocycles. The van der Waals surface area contributed by atoms with Gasteiger partial charge in [-0.15, -0.1) is 11.3 Å². The largest absolute Gasteiger partial charge is 0.315 e. The first kappa shape index (κ1) is 13.6. The minimum Gasteiger partial charge on any atom is -0.315 e. The van der Waals surface area contributed by atoms with Crippen LogP contribution in [-0.2, 0) is 17.6 Å². The van der Waals surface area contributed by atoms with Gasteiger partial charge in [0.2, 0.25) is 5.91 Å². The van der Waals surface area contributed by atoms with Gasteiger partial charge in [-0.2, -0.15) is 5.26 Å².